The second-order valence-corrected chi connectivity index (χ2v) is 6.32. The zero-order chi connectivity index (χ0) is 14.0. The van der Waals surface area contributed by atoms with Gasteiger partial charge in [0.15, 0.2) is 0 Å². The van der Waals surface area contributed by atoms with Crippen LogP contribution in [0.15, 0.2) is 36.9 Å². The Kier molecular flexibility index (Phi) is 3.47. The van der Waals surface area contributed by atoms with Crippen LogP contribution in [-0.2, 0) is 0 Å². The van der Waals surface area contributed by atoms with Crippen molar-refractivity contribution in [1.82, 2.24) is 14.8 Å². The van der Waals surface area contributed by atoms with E-state index in [0.29, 0.717) is 11.5 Å². The highest BCUT2D eigenvalue weighted by atomic mass is 15.3. The van der Waals surface area contributed by atoms with Gasteiger partial charge < -0.3 is 5.32 Å². The minimum Gasteiger partial charge on any atom is -0.382 e. The Hall–Kier alpha value is -1.84. The van der Waals surface area contributed by atoms with E-state index in [2.05, 4.69) is 53.5 Å². The van der Waals surface area contributed by atoms with Gasteiger partial charge in [-0.25, -0.2) is 9.67 Å². The Balaban J connectivity index is 1.72. The average molecular weight is 270 g/mol. The second kappa shape index (κ2) is 5.27. The summed E-state index contributed by atoms with van der Waals surface area (Å²) >= 11 is 0. The molecule has 0 aliphatic heterocycles. The van der Waals surface area contributed by atoms with Gasteiger partial charge in [-0.1, -0.05) is 26.7 Å². The number of hydrogen-bond donors (Lipinski definition) is 1. The maximum Gasteiger partial charge on any atom is 0.138 e. The molecule has 0 radical (unpaired) electrons. The molecular weight excluding hydrogens is 248 g/mol. The summed E-state index contributed by atoms with van der Waals surface area (Å²) in [6.07, 6.45) is 8.53. The molecule has 1 saturated carbocycles. The third-order valence-electron chi connectivity index (χ3n) is 4.40. The van der Waals surface area contributed by atoms with Crippen molar-refractivity contribution < 1.29 is 0 Å². The molecule has 1 aromatic carbocycles. The second-order valence-electron chi connectivity index (χ2n) is 6.32. The molecule has 1 unspecified atom stereocenters. The van der Waals surface area contributed by atoms with Crippen molar-refractivity contribution in [2.24, 2.45) is 5.41 Å². The minimum atomic E-state index is 0.378. The lowest BCUT2D eigenvalue weighted by molar-refractivity contribution is 0.217. The van der Waals surface area contributed by atoms with Crippen LogP contribution in [0.1, 0.15) is 39.5 Å². The summed E-state index contributed by atoms with van der Waals surface area (Å²) in [6, 6.07) is 8.97. The number of nitrogens with zero attached hydrogens (tertiary/aromatic N) is 3. The molecule has 106 valence electrons. The highest BCUT2D eigenvalue weighted by Gasteiger charge is 2.31. The van der Waals surface area contributed by atoms with E-state index >= 15 is 0 Å². The molecule has 2 aromatic rings. The summed E-state index contributed by atoms with van der Waals surface area (Å²) in [5, 5.41) is 7.84. The zero-order valence-electron chi connectivity index (χ0n) is 12.2. The first-order valence-corrected chi connectivity index (χ1v) is 7.37. The molecule has 20 heavy (non-hydrogen) atoms. The number of aromatic nitrogens is 3. The van der Waals surface area contributed by atoms with Crippen molar-refractivity contribution in [3.8, 4) is 5.69 Å². The largest absolute Gasteiger partial charge is 0.382 e. The molecule has 4 heteroatoms. The van der Waals surface area contributed by atoms with E-state index in [-0.39, 0.29) is 0 Å². The van der Waals surface area contributed by atoms with E-state index in [9.17, 15) is 0 Å². The van der Waals surface area contributed by atoms with E-state index in [1.54, 1.807) is 17.3 Å². The molecule has 0 spiro atoms. The van der Waals surface area contributed by atoms with Gasteiger partial charge in [-0.05, 0) is 42.5 Å². The Morgan fingerprint density at radius 1 is 1.20 bits per heavy atom. The van der Waals surface area contributed by atoms with Gasteiger partial charge in [-0.15, -0.1) is 0 Å². The lowest BCUT2D eigenvalue weighted by atomic mass is 9.73. The quantitative estimate of drug-likeness (QED) is 0.925. The van der Waals surface area contributed by atoms with Gasteiger partial charge in [0.1, 0.15) is 12.7 Å². The summed E-state index contributed by atoms with van der Waals surface area (Å²) < 4.78 is 1.77. The molecule has 1 N–H and O–H groups in total. The molecule has 1 heterocycles. The summed E-state index contributed by atoms with van der Waals surface area (Å²) in [5.74, 6) is 0. The van der Waals surface area contributed by atoms with E-state index in [4.69, 9.17) is 0 Å². The highest BCUT2D eigenvalue weighted by Crippen LogP contribution is 2.37. The van der Waals surface area contributed by atoms with Crippen molar-refractivity contribution in [1.29, 1.82) is 0 Å². The normalized spacial score (nSPS) is 21.6. The fourth-order valence-electron chi connectivity index (χ4n) is 3.01. The molecule has 0 amide bonds. The van der Waals surface area contributed by atoms with Gasteiger partial charge in [-0.2, -0.15) is 5.10 Å². The SMILES string of the molecule is CC1(C)CCCCC1Nc1ccc(-n2cncn2)cc1. The molecular formula is C16H22N4. The van der Waals surface area contributed by atoms with Crippen LogP contribution in [0.3, 0.4) is 0 Å². The molecule has 0 saturated heterocycles. The number of nitrogens with one attached hydrogen (secondary N) is 1. The predicted molar refractivity (Wildman–Crippen MR) is 81.0 cm³/mol. The summed E-state index contributed by atoms with van der Waals surface area (Å²) in [4.78, 5) is 3.97. The van der Waals surface area contributed by atoms with Crippen molar-refractivity contribution in [3.63, 3.8) is 0 Å². The lowest BCUT2D eigenvalue weighted by Crippen LogP contribution is -2.38. The number of anilines is 1. The van der Waals surface area contributed by atoms with Gasteiger partial charge in [-0.3, -0.25) is 0 Å². The van der Waals surface area contributed by atoms with E-state index < -0.39 is 0 Å². The maximum absolute atomic E-state index is 4.14. The monoisotopic (exact) mass is 270 g/mol. The highest BCUT2D eigenvalue weighted by molar-refractivity contribution is 5.49. The topological polar surface area (TPSA) is 42.7 Å². The van der Waals surface area contributed by atoms with Crippen LogP contribution < -0.4 is 5.32 Å². The Morgan fingerprint density at radius 3 is 2.65 bits per heavy atom. The van der Waals surface area contributed by atoms with Gasteiger partial charge >= 0.3 is 0 Å². The molecule has 4 nitrogen and oxygen atoms in total. The van der Waals surface area contributed by atoms with Crippen molar-refractivity contribution in [3.05, 3.63) is 36.9 Å². The molecule has 1 aliphatic rings. The van der Waals surface area contributed by atoms with Crippen LogP contribution in [0.4, 0.5) is 5.69 Å². The molecule has 1 aromatic heterocycles. The molecule has 1 fully saturated rings. The average Bonchev–Trinajstić information content (AvgIpc) is 2.96. The molecule has 1 aliphatic carbocycles. The summed E-state index contributed by atoms with van der Waals surface area (Å²) in [6.45, 7) is 4.74. The first-order valence-electron chi connectivity index (χ1n) is 7.37. The number of rotatable bonds is 3. The van der Waals surface area contributed by atoms with Gasteiger partial charge in [0.25, 0.3) is 0 Å². The van der Waals surface area contributed by atoms with Gasteiger partial charge in [0.2, 0.25) is 0 Å². The predicted octanol–water partition coefficient (Wildman–Crippen LogP) is 3.65. The smallest absolute Gasteiger partial charge is 0.138 e. The lowest BCUT2D eigenvalue weighted by Gasteiger charge is -2.39. The van der Waals surface area contributed by atoms with Crippen LogP contribution >= 0.6 is 0 Å². The summed E-state index contributed by atoms with van der Waals surface area (Å²) in [7, 11) is 0. The molecule has 3 rings (SSSR count). The Morgan fingerprint density at radius 2 is 2.00 bits per heavy atom. The molecule has 0 bridgehead atoms. The van der Waals surface area contributed by atoms with Gasteiger partial charge in [0.05, 0.1) is 5.69 Å². The Bertz CT molecular complexity index is 542. The van der Waals surface area contributed by atoms with Crippen LogP contribution in [0.2, 0.25) is 0 Å². The van der Waals surface area contributed by atoms with Crippen molar-refractivity contribution >= 4 is 5.69 Å². The summed E-state index contributed by atoms with van der Waals surface area (Å²) in [5.41, 5.74) is 2.60. The van der Waals surface area contributed by atoms with Crippen molar-refractivity contribution in [2.45, 2.75) is 45.6 Å². The minimum absolute atomic E-state index is 0.378. The third kappa shape index (κ3) is 2.69. The third-order valence-corrected chi connectivity index (χ3v) is 4.40. The van der Waals surface area contributed by atoms with Crippen LogP contribution in [0.5, 0.6) is 0 Å². The van der Waals surface area contributed by atoms with Crippen LogP contribution in [0, 0.1) is 5.41 Å². The fraction of sp³-hybridized carbons (Fsp3) is 0.500. The van der Waals surface area contributed by atoms with Crippen molar-refractivity contribution in [2.75, 3.05) is 5.32 Å². The number of hydrogen-bond acceptors (Lipinski definition) is 3. The van der Waals surface area contributed by atoms with E-state index in [1.165, 1.54) is 31.4 Å². The first-order chi connectivity index (χ1) is 9.65. The standard InChI is InChI=1S/C16H22N4/c1-16(2)10-4-3-5-15(16)19-13-6-8-14(9-7-13)20-12-17-11-18-20/h6-9,11-12,15,19H,3-5,10H2,1-2H3. The fourth-order valence-corrected chi connectivity index (χ4v) is 3.01. The first kappa shape index (κ1) is 13.2. The maximum atomic E-state index is 4.14. The van der Waals surface area contributed by atoms with Crippen LogP contribution in [-0.4, -0.2) is 20.8 Å². The van der Waals surface area contributed by atoms with E-state index in [0.717, 1.165) is 5.69 Å². The Labute approximate surface area is 120 Å². The van der Waals surface area contributed by atoms with Gasteiger partial charge in [0, 0.05) is 11.7 Å². The number of benzene rings is 1. The van der Waals surface area contributed by atoms with Crippen LogP contribution in [0.25, 0.3) is 5.69 Å². The molecule has 1 atom stereocenters. The van der Waals surface area contributed by atoms with E-state index in [1.807, 2.05) is 0 Å². The zero-order valence-corrected chi connectivity index (χ0v) is 12.2.